The minimum absolute atomic E-state index is 0.00252. The standard InChI is InChI=1S/C30H29ClN4O4/c31-24-12-18(13-25(37)30(10-11-30)19-4-2-1-3-5-19)6-9-22(24)27(38)23-14-32-28-26(23)29(34-17-33-28)35-20-7-8-21(15-36)39-16-20/h1-6,9,12,14,17,20-21,36H,7-8,10-11,13,15-16H2,(H2,32,33,34,35)/t20-,21+/m1/s1. The molecule has 2 aromatic heterocycles. The van der Waals surface area contributed by atoms with Gasteiger partial charge in [-0.3, -0.25) is 9.59 Å². The number of halogens is 1. The number of anilines is 1. The Bertz CT molecular complexity index is 1520. The number of rotatable bonds is 9. The van der Waals surface area contributed by atoms with Gasteiger partial charge in [0, 0.05) is 18.2 Å². The lowest BCUT2D eigenvalue weighted by Crippen LogP contribution is -2.36. The predicted octanol–water partition coefficient (Wildman–Crippen LogP) is 4.64. The van der Waals surface area contributed by atoms with Gasteiger partial charge in [0.25, 0.3) is 0 Å². The van der Waals surface area contributed by atoms with Crippen molar-refractivity contribution in [3.63, 3.8) is 0 Å². The molecule has 8 nitrogen and oxygen atoms in total. The van der Waals surface area contributed by atoms with Crippen molar-refractivity contribution in [1.82, 2.24) is 15.0 Å². The highest BCUT2D eigenvalue weighted by atomic mass is 35.5. The highest BCUT2D eigenvalue weighted by molar-refractivity contribution is 6.35. The molecule has 4 aromatic rings. The third-order valence-corrected chi connectivity index (χ3v) is 8.19. The molecule has 1 aliphatic carbocycles. The maximum absolute atomic E-state index is 13.6. The summed E-state index contributed by atoms with van der Waals surface area (Å²) in [5.41, 5.74) is 2.73. The number of ether oxygens (including phenoxy) is 1. The minimum atomic E-state index is -0.405. The molecule has 1 saturated carbocycles. The summed E-state index contributed by atoms with van der Waals surface area (Å²) in [5.74, 6) is 0.449. The number of benzene rings is 2. The molecule has 1 aliphatic heterocycles. The van der Waals surface area contributed by atoms with E-state index in [1.807, 2.05) is 30.3 Å². The number of carbonyl (C=O) groups is 2. The monoisotopic (exact) mass is 544 g/mol. The second-order valence-corrected chi connectivity index (χ2v) is 10.8. The second-order valence-electron chi connectivity index (χ2n) is 10.4. The van der Waals surface area contributed by atoms with E-state index in [9.17, 15) is 14.7 Å². The van der Waals surface area contributed by atoms with Crippen LogP contribution in [0, 0.1) is 0 Å². The number of nitrogens with one attached hydrogen (secondary N) is 2. The van der Waals surface area contributed by atoms with Crippen molar-refractivity contribution in [3.05, 3.63) is 88.3 Å². The van der Waals surface area contributed by atoms with Crippen LogP contribution in [0.4, 0.5) is 5.82 Å². The van der Waals surface area contributed by atoms with E-state index in [0.717, 1.165) is 36.8 Å². The van der Waals surface area contributed by atoms with Crippen molar-refractivity contribution in [3.8, 4) is 0 Å². The lowest BCUT2D eigenvalue weighted by atomic mass is 9.88. The summed E-state index contributed by atoms with van der Waals surface area (Å²) in [4.78, 5) is 38.6. The number of carbonyl (C=O) groups excluding carboxylic acids is 2. The number of aliphatic hydroxyl groups excluding tert-OH is 1. The molecule has 200 valence electrons. The Balaban J connectivity index is 1.22. The SMILES string of the molecule is O=C(c1ccc(CC(=O)C2(c3ccccc3)CC2)cc1Cl)c1c[nH]c2ncnc(N[C@@H]3CC[C@@H](CO)OC3)c12. The van der Waals surface area contributed by atoms with Crippen molar-refractivity contribution in [2.45, 2.75) is 49.7 Å². The fraction of sp³-hybridized carbons (Fsp3) is 0.333. The fourth-order valence-electron chi connectivity index (χ4n) is 5.47. The Hall–Kier alpha value is -3.59. The number of nitrogens with zero attached hydrogens (tertiary/aromatic N) is 2. The summed E-state index contributed by atoms with van der Waals surface area (Å²) < 4.78 is 5.68. The molecule has 0 amide bonds. The van der Waals surface area contributed by atoms with E-state index in [0.29, 0.717) is 39.6 Å². The second kappa shape index (κ2) is 10.5. The van der Waals surface area contributed by atoms with Crippen LogP contribution in [0.5, 0.6) is 0 Å². The number of aliphatic hydroxyl groups is 1. The quantitative estimate of drug-likeness (QED) is 0.263. The number of H-pyrrole nitrogens is 1. The van der Waals surface area contributed by atoms with Crippen molar-refractivity contribution < 1.29 is 19.4 Å². The van der Waals surface area contributed by atoms with E-state index in [-0.39, 0.29) is 36.7 Å². The summed E-state index contributed by atoms with van der Waals surface area (Å²) in [5, 5.41) is 13.6. The number of hydrogen-bond donors (Lipinski definition) is 3. The first kappa shape index (κ1) is 25.7. The van der Waals surface area contributed by atoms with E-state index in [1.54, 1.807) is 24.4 Å². The lowest BCUT2D eigenvalue weighted by Gasteiger charge is -2.29. The Morgan fingerprint density at radius 1 is 1.10 bits per heavy atom. The fourth-order valence-corrected chi connectivity index (χ4v) is 5.76. The predicted molar refractivity (Wildman–Crippen MR) is 148 cm³/mol. The van der Waals surface area contributed by atoms with E-state index >= 15 is 0 Å². The molecule has 2 fully saturated rings. The van der Waals surface area contributed by atoms with Crippen molar-refractivity contribution in [2.75, 3.05) is 18.5 Å². The van der Waals surface area contributed by atoms with Gasteiger partial charge in [-0.1, -0.05) is 48.0 Å². The number of aromatic amines is 1. The van der Waals surface area contributed by atoms with Gasteiger partial charge in [0.15, 0.2) is 5.78 Å². The third-order valence-electron chi connectivity index (χ3n) is 7.88. The maximum atomic E-state index is 13.6. The molecule has 0 spiro atoms. The van der Waals surface area contributed by atoms with Gasteiger partial charge in [0.05, 0.1) is 46.7 Å². The molecule has 0 unspecified atom stereocenters. The zero-order valence-corrected chi connectivity index (χ0v) is 22.1. The Kier molecular flexibility index (Phi) is 6.93. The first-order valence-electron chi connectivity index (χ1n) is 13.2. The topological polar surface area (TPSA) is 117 Å². The largest absolute Gasteiger partial charge is 0.394 e. The van der Waals surface area contributed by atoms with Crippen LogP contribution >= 0.6 is 11.6 Å². The minimum Gasteiger partial charge on any atom is -0.394 e. The maximum Gasteiger partial charge on any atom is 0.196 e. The molecule has 6 rings (SSSR count). The molecular weight excluding hydrogens is 516 g/mol. The molecule has 3 N–H and O–H groups in total. The zero-order valence-electron chi connectivity index (χ0n) is 21.3. The van der Waals surface area contributed by atoms with Crippen LogP contribution in [0.15, 0.2) is 61.1 Å². The third kappa shape index (κ3) is 4.95. The highest BCUT2D eigenvalue weighted by Gasteiger charge is 2.50. The van der Waals surface area contributed by atoms with Gasteiger partial charge < -0.3 is 20.1 Å². The van der Waals surface area contributed by atoms with Gasteiger partial charge in [-0.25, -0.2) is 9.97 Å². The van der Waals surface area contributed by atoms with Crippen molar-refractivity contribution in [2.24, 2.45) is 0 Å². The average molecular weight is 545 g/mol. The van der Waals surface area contributed by atoms with Gasteiger partial charge in [0.1, 0.15) is 23.6 Å². The molecule has 0 bridgehead atoms. The summed E-state index contributed by atoms with van der Waals surface area (Å²) in [6.07, 6.45) is 6.43. The van der Waals surface area contributed by atoms with Gasteiger partial charge in [-0.15, -0.1) is 0 Å². The van der Waals surface area contributed by atoms with Crippen LogP contribution in [0.25, 0.3) is 11.0 Å². The smallest absolute Gasteiger partial charge is 0.196 e. The van der Waals surface area contributed by atoms with Gasteiger partial charge >= 0.3 is 0 Å². The number of hydrogen-bond acceptors (Lipinski definition) is 7. The zero-order chi connectivity index (χ0) is 27.0. The van der Waals surface area contributed by atoms with Crippen LogP contribution in [0.3, 0.4) is 0 Å². The summed E-state index contributed by atoms with van der Waals surface area (Å²) in [7, 11) is 0. The van der Waals surface area contributed by atoms with Crippen LogP contribution in [0.1, 0.15) is 52.7 Å². The molecule has 2 atom stereocenters. The molecule has 2 aliphatic rings. The van der Waals surface area contributed by atoms with Crippen molar-refractivity contribution in [1.29, 1.82) is 0 Å². The Morgan fingerprint density at radius 3 is 2.62 bits per heavy atom. The van der Waals surface area contributed by atoms with E-state index in [1.165, 1.54) is 6.33 Å². The van der Waals surface area contributed by atoms with Crippen LogP contribution in [-0.4, -0.2) is 57.0 Å². The summed E-state index contributed by atoms with van der Waals surface area (Å²) in [6.45, 7) is 0.435. The van der Waals surface area contributed by atoms with Gasteiger partial charge in [-0.05, 0) is 48.9 Å². The molecule has 0 radical (unpaired) electrons. The normalized spacial score (nSPS) is 20.1. The number of ketones is 2. The van der Waals surface area contributed by atoms with E-state index in [2.05, 4.69) is 20.3 Å². The van der Waals surface area contributed by atoms with Gasteiger partial charge in [0.2, 0.25) is 0 Å². The molecule has 2 aromatic carbocycles. The van der Waals surface area contributed by atoms with Crippen LogP contribution in [-0.2, 0) is 21.4 Å². The summed E-state index contributed by atoms with van der Waals surface area (Å²) in [6, 6.07) is 15.1. The Labute approximate surface area is 230 Å². The molecule has 3 heterocycles. The highest BCUT2D eigenvalue weighted by Crippen LogP contribution is 2.49. The molecular formula is C30H29ClN4O4. The average Bonchev–Trinajstić information content (AvgIpc) is 3.67. The van der Waals surface area contributed by atoms with Crippen LogP contribution < -0.4 is 5.32 Å². The molecule has 1 saturated heterocycles. The van der Waals surface area contributed by atoms with Crippen molar-refractivity contribution >= 4 is 40.0 Å². The Morgan fingerprint density at radius 2 is 1.92 bits per heavy atom. The number of fused-ring (bicyclic) bond motifs is 1. The molecule has 9 heteroatoms. The summed E-state index contributed by atoms with van der Waals surface area (Å²) >= 11 is 6.62. The van der Waals surface area contributed by atoms with Crippen LogP contribution in [0.2, 0.25) is 5.02 Å². The molecule has 39 heavy (non-hydrogen) atoms. The van der Waals surface area contributed by atoms with Gasteiger partial charge in [-0.2, -0.15) is 0 Å². The lowest BCUT2D eigenvalue weighted by molar-refractivity contribution is -0.120. The van der Waals surface area contributed by atoms with E-state index in [4.69, 9.17) is 16.3 Å². The first-order chi connectivity index (χ1) is 19.0. The van der Waals surface area contributed by atoms with E-state index < -0.39 is 5.41 Å². The number of aromatic nitrogens is 3. The first-order valence-corrected chi connectivity index (χ1v) is 13.6. The number of Topliss-reactive ketones (excluding diaryl/α,β-unsaturated/α-hetero) is 1.